The van der Waals surface area contributed by atoms with Gasteiger partial charge < -0.3 is 11.1 Å². The Hall–Kier alpha value is -1.50. The van der Waals surface area contributed by atoms with Gasteiger partial charge in [0, 0.05) is 17.5 Å². The lowest BCUT2D eigenvalue weighted by Gasteiger charge is -2.16. The summed E-state index contributed by atoms with van der Waals surface area (Å²) in [4.78, 5) is 18.0. The van der Waals surface area contributed by atoms with Crippen LogP contribution >= 0.6 is 23.7 Å². The Kier molecular flexibility index (Phi) is 6.54. The minimum atomic E-state index is -0.261. The monoisotopic (exact) mass is 383 g/mol. The quantitative estimate of drug-likeness (QED) is 0.838. The van der Waals surface area contributed by atoms with E-state index in [-0.39, 0.29) is 42.1 Å². The third kappa shape index (κ3) is 4.57. The minimum Gasteiger partial charge on any atom is -0.348 e. The predicted molar refractivity (Wildman–Crippen MR) is 101 cm³/mol. The van der Waals surface area contributed by atoms with Crippen molar-refractivity contribution >= 4 is 29.7 Å². The second kappa shape index (κ2) is 8.25. The molecule has 0 spiro atoms. The maximum absolute atomic E-state index is 13.1. The topological polar surface area (TPSA) is 68.0 Å². The highest BCUT2D eigenvalue weighted by molar-refractivity contribution is 7.15. The van der Waals surface area contributed by atoms with Crippen molar-refractivity contribution in [1.82, 2.24) is 10.3 Å². The largest absolute Gasteiger partial charge is 0.348 e. The normalized spacial score (nSPS) is 20.8. The van der Waals surface area contributed by atoms with Crippen molar-refractivity contribution in [3.8, 4) is 10.6 Å². The summed E-state index contributed by atoms with van der Waals surface area (Å²) in [5.41, 5.74) is 7.68. The van der Waals surface area contributed by atoms with Crippen LogP contribution in [-0.4, -0.2) is 16.9 Å². The van der Waals surface area contributed by atoms with Gasteiger partial charge in [0.05, 0.1) is 16.6 Å². The summed E-state index contributed by atoms with van der Waals surface area (Å²) in [5, 5.41) is 3.93. The number of nitrogens with one attached hydrogen (secondary N) is 1. The smallest absolute Gasteiger partial charge is 0.223 e. The van der Waals surface area contributed by atoms with Crippen LogP contribution in [0.25, 0.3) is 10.6 Å². The SMILES string of the molecule is Cc1nc(-c2ccc(F)cc2)sc1C(C)NC(=O)C1CCC(N)C1.Cl. The van der Waals surface area contributed by atoms with Gasteiger partial charge in [0.15, 0.2) is 0 Å². The highest BCUT2D eigenvalue weighted by Gasteiger charge is 2.29. The molecule has 3 atom stereocenters. The average molecular weight is 384 g/mol. The number of hydrogen-bond acceptors (Lipinski definition) is 4. The minimum absolute atomic E-state index is 0. The van der Waals surface area contributed by atoms with Gasteiger partial charge in [0.1, 0.15) is 10.8 Å². The number of carbonyl (C=O) groups excluding carboxylic acids is 1. The first-order valence-electron chi connectivity index (χ1n) is 8.23. The van der Waals surface area contributed by atoms with Gasteiger partial charge >= 0.3 is 0 Å². The molecule has 0 aliphatic heterocycles. The van der Waals surface area contributed by atoms with E-state index in [9.17, 15) is 9.18 Å². The van der Waals surface area contributed by atoms with E-state index in [0.29, 0.717) is 0 Å². The molecule has 1 aromatic heterocycles. The number of thiazole rings is 1. The van der Waals surface area contributed by atoms with Gasteiger partial charge in [-0.3, -0.25) is 4.79 Å². The van der Waals surface area contributed by atoms with Crippen LogP contribution in [0.2, 0.25) is 0 Å². The molecule has 1 aliphatic rings. The van der Waals surface area contributed by atoms with Gasteiger partial charge in [-0.05, 0) is 57.4 Å². The summed E-state index contributed by atoms with van der Waals surface area (Å²) < 4.78 is 13.1. The van der Waals surface area contributed by atoms with E-state index in [4.69, 9.17) is 5.73 Å². The molecular formula is C18H23ClFN3OS. The lowest BCUT2D eigenvalue weighted by molar-refractivity contribution is -0.125. The first-order valence-corrected chi connectivity index (χ1v) is 9.05. The molecule has 0 bridgehead atoms. The number of rotatable bonds is 4. The first kappa shape index (κ1) is 19.8. The third-order valence-electron chi connectivity index (χ3n) is 4.52. The molecule has 25 heavy (non-hydrogen) atoms. The van der Waals surface area contributed by atoms with Crippen LogP contribution in [0.15, 0.2) is 24.3 Å². The second-order valence-electron chi connectivity index (χ2n) is 6.48. The third-order valence-corrected chi connectivity index (χ3v) is 5.91. The van der Waals surface area contributed by atoms with Gasteiger partial charge in [0.25, 0.3) is 0 Å². The first-order chi connectivity index (χ1) is 11.4. The second-order valence-corrected chi connectivity index (χ2v) is 7.51. The van der Waals surface area contributed by atoms with Crippen LogP contribution in [0, 0.1) is 18.7 Å². The van der Waals surface area contributed by atoms with Crippen LogP contribution in [0.1, 0.15) is 42.8 Å². The lowest BCUT2D eigenvalue weighted by Crippen LogP contribution is -2.32. The van der Waals surface area contributed by atoms with Crippen molar-refractivity contribution in [1.29, 1.82) is 0 Å². The number of aryl methyl sites for hydroxylation is 1. The Balaban J connectivity index is 0.00000225. The number of benzene rings is 1. The molecule has 1 heterocycles. The van der Waals surface area contributed by atoms with Gasteiger partial charge in [0.2, 0.25) is 5.91 Å². The van der Waals surface area contributed by atoms with Gasteiger partial charge in [-0.25, -0.2) is 9.37 Å². The Morgan fingerprint density at radius 3 is 2.64 bits per heavy atom. The van der Waals surface area contributed by atoms with E-state index in [1.165, 1.54) is 23.5 Å². The van der Waals surface area contributed by atoms with Gasteiger partial charge in [-0.1, -0.05) is 0 Å². The molecular weight excluding hydrogens is 361 g/mol. The Morgan fingerprint density at radius 2 is 2.04 bits per heavy atom. The molecule has 3 N–H and O–H groups in total. The van der Waals surface area contributed by atoms with E-state index >= 15 is 0 Å². The van der Waals surface area contributed by atoms with Crippen LogP contribution in [0.5, 0.6) is 0 Å². The standard InChI is InChI=1S/C18H22FN3OS.ClH/c1-10(21-17(23)13-5-8-15(20)9-13)16-11(2)22-18(24-16)12-3-6-14(19)7-4-12;/h3-4,6-7,10,13,15H,5,8-9,20H2,1-2H3,(H,21,23);1H. The van der Waals surface area contributed by atoms with Crippen molar-refractivity contribution in [2.75, 3.05) is 0 Å². The number of carbonyl (C=O) groups is 1. The van der Waals surface area contributed by atoms with Crippen LogP contribution in [-0.2, 0) is 4.79 Å². The van der Waals surface area contributed by atoms with Crippen molar-refractivity contribution in [2.24, 2.45) is 11.7 Å². The van der Waals surface area contributed by atoms with Crippen LogP contribution in [0.3, 0.4) is 0 Å². The lowest BCUT2D eigenvalue weighted by atomic mass is 10.1. The molecule has 2 aromatic rings. The fourth-order valence-electron chi connectivity index (χ4n) is 3.18. The van der Waals surface area contributed by atoms with E-state index in [0.717, 1.165) is 40.4 Å². The number of amides is 1. The number of aromatic nitrogens is 1. The Morgan fingerprint density at radius 1 is 1.36 bits per heavy atom. The Labute approximate surface area is 157 Å². The van der Waals surface area contributed by atoms with E-state index in [2.05, 4.69) is 10.3 Å². The van der Waals surface area contributed by atoms with Gasteiger partial charge in [-0.15, -0.1) is 23.7 Å². The average Bonchev–Trinajstić information content (AvgIpc) is 3.14. The number of hydrogen-bond donors (Lipinski definition) is 2. The predicted octanol–water partition coefficient (Wildman–Crippen LogP) is 3.98. The summed E-state index contributed by atoms with van der Waals surface area (Å²) in [7, 11) is 0. The summed E-state index contributed by atoms with van der Waals surface area (Å²) >= 11 is 1.54. The summed E-state index contributed by atoms with van der Waals surface area (Å²) in [5.74, 6) is -0.165. The molecule has 3 rings (SSSR count). The van der Waals surface area contributed by atoms with Crippen molar-refractivity contribution < 1.29 is 9.18 Å². The summed E-state index contributed by atoms with van der Waals surface area (Å²) in [6.45, 7) is 3.91. The summed E-state index contributed by atoms with van der Waals surface area (Å²) in [6.07, 6.45) is 2.55. The van der Waals surface area contributed by atoms with Crippen LogP contribution in [0.4, 0.5) is 4.39 Å². The maximum Gasteiger partial charge on any atom is 0.223 e. The molecule has 4 nitrogen and oxygen atoms in total. The van der Waals surface area contributed by atoms with Crippen molar-refractivity contribution in [3.63, 3.8) is 0 Å². The van der Waals surface area contributed by atoms with E-state index < -0.39 is 0 Å². The number of halogens is 2. The molecule has 0 radical (unpaired) electrons. The maximum atomic E-state index is 13.1. The van der Waals surface area contributed by atoms with Crippen LogP contribution < -0.4 is 11.1 Å². The molecule has 1 aliphatic carbocycles. The fraction of sp³-hybridized carbons (Fsp3) is 0.444. The zero-order chi connectivity index (χ0) is 17.3. The molecule has 136 valence electrons. The molecule has 1 aromatic carbocycles. The summed E-state index contributed by atoms with van der Waals surface area (Å²) in [6, 6.07) is 6.36. The van der Waals surface area contributed by atoms with E-state index in [1.54, 1.807) is 12.1 Å². The zero-order valence-electron chi connectivity index (χ0n) is 14.3. The zero-order valence-corrected chi connectivity index (χ0v) is 15.9. The molecule has 1 fully saturated rings. The number of nitrogens with two attached hydrogens (primary N) is 1. The molecule has 3 unspecified atom stereocenters. The highest BCUT2D eigenvalue weighted by Crippen LogP contribution is 2.32. The molecule has 0 saturated heterocycles. The van der Waals surface area contributed by atoms with Gasteiger partial charge in [-0.2, -0.15) is 0 Å². The molecule has 7 heteroatoms. The highest BCUT2D eigenvalue weighted by atomic mass is 35.5. The number of nitrogens with zero attached hydrogens (tertiary/aromatic N) is 1. The molecule has 1 saturated carbocycles. The van der Waals surface area contributed by atoms with E-state index in [1.807, 2.05) is 13.8 Å². The van der Waals surface area contributed by atoms with Crippen molar-refractivity contribution in [2.45, 2.75) is 45.2 Å². The fourth-order valence-corrected chi connectivity index (χ4v) is 4.25. The molecule has 1 amide bonds. The Bertz CT molecular complexity index is 734. The van der Waals surface area contributed by atoms with Crippen molar-refractivity contribution in [3.05, 3.63) is 40.7 Å².